The van der Waals surface area contributed by atoms with Crippen molar-refractivity contribution in [1.82, 2.24) is 0 Å². The van der Waals surface area contributed by atoms with Crippen molar-refractivity contribution in [3.05, 3.63) is 48.6 Å². The van der Waals surface area contributed by atoms with Gasteiger partial charge in [0, 0.05) is 12.8 Å². The van der Waals surface area contributed by atoms with Crippen LogP contribution in [0, 0.1) is 0 Å². The second-order valence-corrected chi connectivity index (χ2v) is 15.3. The highest BCUT2D eigenvalue weighted by Crippen LogP contribution is 2.43. The third kappa shape index (κ3) is 36.8. The maximum absolute atomic E-state index is 12.6. The van der Waals surface area contributed by atoms with Crippen molar-refractivity contribution >= 4 is 19.8 Å². The van der Waals surface area contributed by atoms with Crippen molar-refractivity contribution in [3.63, 3.8) is 0 Å². The van der Waals surface area contributed by atoms with Crippen LogP contribution in [0.1, 0.15) is 162 Å². The first-order valence-electron chi connectivity index (χ1n) is 20.7. The third-order valence-corrected chi connectivity index (χ3v) is 9.50. The smallest absolute Gasteiger partial charge is 0.462 e. The Labute approximate surface area is 326 Å². The lowest BCUT2D eigenvalue weighted by Gasteiger charge is -2.20. The topological polar surface area (TPSA) is 169 Å². The van der Waals surface area contributed by atoms with Gasteiger partial charge in [-0.2, -0.15) is 0 Å². The van der Waals surface area contributed by atoms with E-state index in [4.69, 9.17) is 19.1 Å². The molecule has 4 N–H and O–H groups in total. The predicted octanol–water partition coefficient (Wildman–Crippen LogP) is 9.53. The average molecular weight is 787 g/mol. The summed E-state index contributed by atoms with van der Waals surface area (Å²) in [6.07, 6.45) is 35.5. The monoisotopic (exact) mass is 787 g/mol. The number of phosphoric acid groups is 1. The van der Waals surface area contributed by atoms with E-state index in [-0.39, 0.29) is 19.4 Å². The number of ether oxygens (including phenoxy) is 2. The van der Waals surface area contributed by atoms with Crippen LogP contribution in [0.25, 0.3) is 0 Å². The zero-order chi connectivity index (χ0) is 40.0. The molecular formula is C42H75O11P. The number of carbonyl (C=O) groups is 2. The van der Waals surface area contributed by atoms with Crippen molar-refractivity contribution in [1.29, 1.82) is 0 Å². The normalized spacial score (nSPS) is 15.0. The van der Waals surface area contributed by atoms with Crippen molar-refractivity contribution in [2.75, 3.05) is 26.4 Å². The van der Waals surface area contributed by atoms with E-state index in [9.17, 15) is 29.3 Å². The summed E-state index contributed by atoms with van der Waals surface area (Å²) in [7, 11) is -4.63. The standard InChI is InChI=1S/C42H75O11P/c1-3-5-7-8-9-10-11-12-13-14-15-18-22-25-29-33-42(47)53-40(37-52-54(48,49)51-35-39(45)34-43)36-50-41(46)32-28-24-21-19-16-17-20-23-27-31-38(44)30-26-6-4-2/h6,10-11,20,23,26-27,31,38-40,43-45H,3-5,7-9,12-19,21-22,24-25,28-30,32-37H2,1-2H3,(H,48,49)/b11-10-,23-20+,26-6+,31-27+/t38?,39-,40+/m0/s1. The molecule has 0 saturated carbocycles. The molecule has 0 amide bonds. The van der Waals surface area contributed by atoms with Crippen LogP contribution in [0.5, 0.6) is 0 Å². The lowest BCUT2D eigenvalue weighted by molar-refractivity contribution is -0.161. The molecule has 0 radical (unpaired) electrons. The number of carbonyl (C=O) groups excluding carboxylic acids is 2. The number of hydrogen-bond donors (Lipinski definition) is 4. The Morgan fingerprint density at radius 2 is 1.17 bits per heavy atom. The first-order valence-corrected chi connectivity index (χ1v) is 22.2. The van der Waals surface area contributed by atoms with E-state index in [1.165, 1.54) is 51.4 Å². The molecule has 0 aliphatic heterocycles. The van der Waals surface area contributed by atoms with Crippen LogP contribution in [0.4, 0.5) is 0 Å². The Morgan fingerprint density at radius 3 is 1.76 bits per heavy atom. The molecule has 0 saturated heterocycles. The SMILES string of the molecule is CC/C=C/CC(O)/C=C/C=C/CCCCCCCC(=O)OC[C@H](COP(=O)(O)OC[C@@H](O)CO)OC(=O)CCCCCCCCC/C=C\CCCCCC. The first-order chi connectivity index (χ1) is 26.1. The summed E-state index contributed by atoms with van der Waals surface area (Å²) >= 11 is 0. The zero-order valence-electron chi connectivity index (χ0n) is 33.5. The minimum Gasteiger partial charge on any atom is -0.462 e. The number of unbranched alkanes of at least 4 members (excludes halogenated alkanes) is 16. The van der Waals surface area contributed by atoms with Gasteiger partial charge in [0.25, 0.3) is 0 Å². The van der Waals surface area contributed by atoms with Gasteiger partial charge in [-0.15, -0.1) is 0 Å². The van der Waals surface area contributed by atoms with Gasteiger partial charge >= 0.3 is 19.8 Å². The first kappa shape index (κ1) is 51.9. The summed E-state index contributed by atoms with van der Waals surface area (Å²) in [6, 6.07) is 0. The number of hydrogen-bond acceptors (Lipinski definition) is 10. The number of allylic oxidation sites excluding steroid dienone is 6. The molecular weight excluding hydrogens is 711 g/mol. The fourth-order valence-electron chi connectivity index (χ4n) is 5.32. The number of esters is 2. The van der Waals surface area contributed by atoms with Crippen LogP contribution in [0.15, 0.2) is 48.6 Å². The molecule has 12 heteroatoms. The van der Waals surface area contributed by atoms with Crippen LogP contribution >= 0.6 is 7.82 Å². The molecule has 0 fully saturated rings. The Balaban J connectivity index is 4.40. The van der Waals surface area contributed by atoms with E-state index in [1.807, 2.05) is 24.3 Å². The van der Waals surface area contributed by atoms with E-state index in [2.05, 4.69) is 36.6 Å². The highest BCUT2D eigenvalue weighted by Gasteiger charge is 2.27. The van der Waals surface area contributed by atoms with Gasteiger partial charge in [0.1, 0.15) is 12.7 Å². The maximum atomic E-state index is 12.6. The molecule has 314 valence electrons. The summed E-state index contributed by atoms with van der Waals surface area (Å²) in [6.45, 7) is 2.10. The summed E-state index contributed by atoms with van der Waals surface area (Å²) < 4.78 is 32.6. The molecule has 0 bridgehead atoms. The second-order valence-electron chi connectivity index (χ2n) is 13.8. The molecule has 2 unspecified atom stereocenters. The fourth-order valence-corrected chi connectivity index (χ4v) is 6.11. The van der Waals surface area contributed by atoms with Crippen molar-refractivity contribution < 1.29 is 52.9 Å². The molecule has 0 spiro atoms. The Morgan fingerprint density at radius 1 is 0.630 bits per heavy atom. The number of phosphoric ester groups is 1. The van der Waals surface area contributed by atoms with Gasteiger partial charge in [0.05, 0.1) is 25.9 Å². The molecule has 11 nitrogen and oxygen atoms in total. The zero-order valence-corrected chi connectivity index (χ0v) is 34.4. The molecule has 0 aliphatic carbocycles. The molecule has 0 aromatic carbocycles. The van der Waals surface area contributed by atoms with Crippen LogP contribution in [0.3, 0.4) is 0 Å². The van der Waals surface area contributed by atoms with Crippen molar-refractivity contribution in [2.24, 2.45) is 0 Å². The minimum absolute atomic E-state index is 0.163. The van der Waals surface area contributed by atoms with Gasteiger partial charge in [0.2, 0.25) is 0 Å². The number of aliphatic hydroxyl groups excluding tert-OH is 3. The Bertz CT molecular complexity index is 1060. The van der Waals surface area contributed by atoms with Crippen LogP contribution in [-0.4, -0.2) is 76.9 Å². The summed E-state index contributed by atoms with van der Waals surface area (Å²) in [5, 5.41) is 28.2. The van der Waals surface area contributed by atoms with Gasteiger partial charge in [-0.25, -0.2) is 4.57 Å². The largest absolute Gasteiger partial charge is 0.472 e. The second kappa shape index (κ2) is 37.8. The van der Waals surface area contributed by atoms with E-state index in [1.54, 1.807) is 6.08 Å². The Kier molecular flexibility index (Phi) is 36.3. The van der Waals surface area contributed by atoms with Crippen molar-refractivity contribution in [3.8, 4) is 0 Å². The molecule has 0 rings (SSSR count). The molecule has 0 aliphatic rings. The third-order valence-electron chi connectivity index (χ3n) is 8.55. The molecule has 0 aromatic rings. The predicted molar refractivity (Wildman–Crippen MR) is 216 cm³/mol. The van der Waals surface area contributed by atoms with Gasteiger partial charge in [0.15, 0.2) is 6.10 Å². The van der Waals surface area contributed by atoms with E-state index < -0.39 is 57.9 Å². The van der Waals surface area contributed by atoms with E-state index in [0.29, 0.717) is 19.3 Å². The van der Waals surface area contributed by atoms with Gasteiger partial charge in [-0.1, -0.05) is 133 Å². The summed E-state index contributed by atoms with van der Waals surface area (Å²) in [5.74, 6) is -0.986. The highest BCUT2D eigenvalue weighted by molar-refractivity contribution is 7.47. The highest BCUT2D eigenvalue weighted by atomic mass is 31.2. The number of rotatable bonds is 38. The Hall–Kier alpha value is -2.11. The quantitative estimate of drug-likeness (QED) is 0.0155. The average Bonchev–Trinajstić information content (AvgIpc) is 3.15. The number of aliphatic hydroxyl groups is 3. The molecule has 4 atom stereocenters. The maximum Gasteiger partial charge on any atom is 0.472 e. The lowest BCUT2D eigenvalue weighted by atomic mass is 10.1. The fraction of sp³-hybridized carbons (Fsp3) is 0.762. The molecule has 0 aromatic heterocycles. The lowest BCUT2D eigenvalue weighted by Crippen LogP contribution is -2.29. The minimum atomic E-state index is -4.63. The van der Waals surface area contributed by atoms with Crippen molar-refractivity contribution in [2.45, 2.75) is 180 Å². The van der Waals surface area contributed by atoms with E-state index in [0.717, 1.165) is 64.2 Å². The van der Waals surface area contributed by atoms with Crippen LogP contribution in [0.2, 0.25) is 0 Å². The van der Waals surface area contributed by atoms with Crippen LogP contribution < -0.4 is 0 Å². The van der Waals surface area contributed by atoms with Crippen LogP contribution in [-0.2, 0) is 32.7 Å². The van der Waals surface area contributed by atoms with Gasteiger partial charge < -0.3 is 29.7 Å². The van der Waals surface area contributed by atoms with E-state index >= 15 is 0 Å². The van der Waals surface area contributed by atoms with Gasteiger partial charge in [-0.3, -0.25) is 18.6 Å². The van der Waals surface area contributed by atoms with Gasteiger partial charge in [-0.05, 0) is 64.2 Å². The molecule has 54 heavy (non-hydrogen) atoms. The summed E-state index contributed by atoms with van der Waals surface area (Å²) in [5.41, 5.74) is 0. The summed E-state index contributed by atoms with van der Waals surface area (Å²) in [4.78, 5) is 34.9. The molecule has 0 heterocycles.